The predicted molar refractivity (Wildman–Crippen MR) is 153 cm³/mol. The molecule has 1 atom stereocenters. The summed E-state index contributed by atoms with van der Waals surface area (Å²) in [5, 5.41) is 2.98. The molecule has 1 aliphatic rings. The van der Waals surface area contributed by atoms with Crippen LogP contribution in [0, 0.1) is 0 Å². The highest BCUT2D eigenvalue weighted by Gasteiger charge is 2.29. The average molecular weight is 606 g/mol. The Morgan fingerprint density at radius 1 is 0.925 bits per heavy atom. The van der Waals surface area contributed by atoms with Gasteiger partial charge in [0, 0.05) is 24.7 Å². The van der Waals surface area contributed by atoms with Crippen LogP contribution >= 0.6 is 11.6 Å². The number of nitrogens with zero attached hydrogens (tertiary/aromatic N) is 1. The molecule has 3 aromatic carbocycles. The molecule has 0 spiro atoms. The molecule has 214 valence electrons. The lowest BCUT2D eigenvalue weighted by Gasteiger charge is -2.25. The number of rotatable bonds is 11. The number of sulfonamides is 2. The van der Waals surface area contributed by atoms with Crippen LogP contribution in [0.3, 0.4) is 0 Å². The Hall–Kier alpha value is -2.96. The van der Waals surface area contributed by atoms with Crippen molar-refractivity contribution in [3.63, 3.8) is 0 Å². The number of piperidine rings is 1. The van der Waals surface area contributed by atoms with Crippen LogP contribution in [0.25, 0.3) is 0 Å². The van der Waals surface area contributed by atoms with E-state index in [0.29, 0.717) is 18.7 Å². The summed E-state index contributed by atoms with van der Waals surface area (Å²) in [6.07, 6.45) is 2.82. The van der Waals surface area contributed by atoms with E-state index < -0.39 is 32.0 Å². The Morgan fingerprint density at radius 3 is 2.25 bits per heavy atom. The number of nitrogens with one attached hydrogen (secondary N) is 2. The van der Waals surface area contributed by atoms with Crippen LogP contribution in [0.5, 0.6) is 5.75 Å². The Balaban J connectivity index is 1.49. The van der Waals surface area contributed by atoms with Crippen LogP contribution < -0.4 is 14.8 Å². The number of amides is 1. The molecule has 0 saturated carbocycles. The van der Waals surface area contributed by atoms with Crippen molar-refractivity contribution in [1.29, 1.82) is 0 Å². The lowest BCUT2D eigenvalue weighted by Crippen LogP contribution is -2.47. The maximum absolute atomic E-state index is 13.3. The van der Waals surface area contributed by atoms with Gasteiger partial charge in [-0.2, -0.15) is 9.03 Å². The van der Waals surface area contributed by atoms with Gasteiger partial charge in [-0.05, 0) is 60.7 Å². The fourth-order valence-corrected chi connectivity index (χ4v) is 7.64. The minimum atomic E-state index is -4.20. The van der Waals surface area contributed by atoms with Gasteiger partial charge in [0.2, 0.25) is 26.0 Å². The molecule has 3 aromatic rings. The number of methoxy groups -OCH3 is 1. The first kappa shape index (κ1) is 30.0. The number of hydrogen-bond acceptors (Lipinski definition) is 6. The van der Waals surface area contributed by atoms with Gasteiger partial charge in [0.25, 0.3) is 0 Å². The van der Waals surface area contributed by atoms with Gasteiger partial charge in [0.1, 0.15) is 16.7 Å². The van der Waals surface area contributed by atoms with Gasteiger partial charge in [0.15, 0.2) is 0 Å². The predicted octanol–water partition coefficient (Wildman–Crippen LogP) is 3.73. The summed E-state index contributed by atoms with van der Waals surface area (Å²) in [4.78, 5) is 13.3. The van der Waals surface area contributed by atoms with Crippen molar-refractivity contribution in [1.82, 2.24) is 14.3 Å². The highest BCUT2D eigenvalue weighted by Crippen LogP contribution is 2.27. The van der Waals surface area contributed by atoms with Gasteiger partial charge in [0.05, 0.1) is 12.0 Å². The minimum absolute atomic E-state index is 0.0797. The Morgan fingerprint density at radius 2 is 1.60 bits per heavy atom. The molecule has 1 heterocycles. The second kappa shape index (κ2) is 13.1. The number of halogens is 1. The Kier molecular flexibility index (Phi) is 9.85. The topological polar surface area (TPSA) is 122 Å². The molecule has 0 radical (unpaired) electrons. The molecule has 12 heteroatoms. The second-order valence-electron chi connectivity index (χ2n) is 9.49. The lowest BCUT2D eigenvalue weighted by molar-refractivity contribution is -0.122. The van der Waals surface area contributed by atoms with E-state index in [-0.39, 0.29) is 33.5 Å². The van der Waals surface area contributed by atoms with E-state index in [2.05, 4.69) is 10.0 Å². The van der Waals surface area contributed by atoms with Crippen molar-refractivity contribution in [3.8, 4) is 5.75 Å². The summed E-state index contributed by atoms with van der Waals surface area (Å²) in [6.45, 7) is 1.11. The molecular weight excluding hydrogens is 574 g/mol. The average Bonchev–Trinajstić information content (AvgIpc) is 2.96. The highest BCUT2D eigenvalue weighted by atomic mass is 35.5. The molecule has 4 rings (SSSR count). The molecule has 0 bridgehead atoms. The number of carbonyl (C=O) groups is 1. The van der Waals surface area contributed by atoms with E-state index in [1.54, 1.807) is 36.4 Å². The van der Waals surface area contributed by atoms with Crippen LogP contribution in [-0.4, -0.2) is 53.3 Å². The first-order chi connectivity index (χ1) is 19.1. The SMILES string of the molecule is COc1ccc(Cl)cc1S(=O)(=O)N[C@@H](Cc1ccccc1)C(=O)NCc1ccc(S(=O)(=O)N2CCCCC2)cc1. The second-order valence-corrected chi connectivity index (χ2v) is 13.5. The van der Waals surface area contributed by atoms with Crippen LogP contribution in [0.1, 0.15) is 30.4 Å². The van der Waals surface area contributed by atoms with Gasteiger partial charge in [-0.25, -0.2) is 16.8 Å². The van der Waals surface area contributed by atoms with Crippen molar-refractivity contribution in [2.75, 3.05) is 20.2 Å². The van der Waals surface area contributed by atoms with Crippen molar-refractivity contribution in [2.24, 2.45) is 0 Å². The zero-order chi connectivity index (χ0) is 28.8. The summed E-state index contributed by atoms with van der Waals surface area (Å²) in [7, 11) is -6.41. The molecule has 40 heavy (non-hydrogen) atoms. The maximum atomic E-state index is 13.3. The smallest absolute Gasteiger partial charge is 0.245 e. The summed E-state index contributed by atoms with van der Waals surface area (Å²) in [5.41, 5.74) is 1.43. The van der Waals surface area contributed by atoms with Gasteiger partial charge in [-0.3, -0.25) is 4.79 Å². The summed E-state index contributed by atoms with van der Waals surface area (Å²) >= 11 is 6.04. The van der Waals surface area contributed by atoms with Crippen molar-refractivity contribution >= 4 is 37.6 Å². The number of carbonyl (C=O) groups excluding carboxylic acids is 1. The fraction of sp³-hybridized carbons (Fsp3) is 0.321. The van der Waals surface area contributed by atoms with Crippen LogP contribution in [0.15, 0.2) is 82.6 Å². The molecular formula is C28H32ClN3O6S2. The molecule has 1 aliphatic heterocycles. The van der Waals surface area contributed by atoms with Crippen LogP contribution in [-0.2, 0) is 37.8 Å². The van der Waals surface area contributed by atoms with Gasteiger partial charge in [-0.15, -0.1) is 0 Å². The monoisotopic (exact) mass is 605 g/mol. The Bertz CT molecular complexity index is 1530. The Labute approximate surface area is 240 Å². The number of benzene rings is 3. The molecule has 9 nitrogen and oxygen atoms in total. The summed E-state index contributed by atoms with van der Waals surface area (Å²) < 4.78 is 61.7. The molecule has 0 aliphatic carbocycles. The van der Waals surface area contributed by atoms with Gasteiger partial charge < -0.3 is 10.1 Å². The lowest BCUT2D eigenvalue weighted by atomic mass is 10.1. The van der Waals surface area contributed by atoms with E-state index in [9.17, 15) is 21.6 Å². The quantitative estimate of drug-likeness (QED) is 0.343. The maximum Gasteiger partial charge on any atom is 0.245 e. The van der Waals surface area contributed by atoms with E-state index in [1.165, 1.54) is 41.7 Å². The van der Waals surface area contributed by atoms with E-state index in [4.69, 9.17) is 16.3 Å². The third-order valence-electron chi connectivity index (χ3n) is 6.65. The van der Waals surface area contributed by atoms with Gasteiger partial charge in [-0.1, -0.05) is 60.5 Å². The zero-order valence-corrected chi connectivity index (χ0v) is 24.4. The number of ether oxygens (including phenoxy) is 1. The first-order valence-corrected chi connectivity index (χ1v) is 16.2. The van der Waals surface area contributed by atoms with Crippen molar-refractivity contribution < 1.29 is 26.4 Å². The fourth-order valence-electron chi connectivity index (χ4n) is 4.49. The first-order valence-electron chi connectivity index (χ1n) is 12.9. The van der Waals surface area contributed by atoms with Crippen LogP contribution in [0.4, 0.5) is 0 Å². The highest BCUT2D eigenvalue weighted by molar-refractivity contribution is 7.89. The van der Waals surface area contributed by atoms with Crippen molar-refractivity contribution in [3.05, 3.63) is 88.9 Å². The molecule has 1 saturated heterocycles. The summed E-state index contributed by atoms with van der Waals surface area (Å²) in [5.74, 6) is -0.450. The van der Waals surface area contributed by atoms with Gasteiger partial charge >= 0.3 is 0 Å². The van der Waals surface area contributed by atoms with E-state index in [1.807, 2.05) is 6.07 Å². The third kappa shape index (κ3) is 7.41. The largest absolute Gasteiger partial charge is 0.495 e. The van der Waals surface area contributed by atoms with Crippen molar-refractivity contribution in [2.45, 2.75) is 48.1 Å². The van der Waals surface area contributed by atoms with E-state index in [0.717, 1.165) is 24.8 Å². The molecule has 2 N–H and O–H groups in total. The normalized spacial score (nSPS) is 15.3. The molecule has 0 unspecified atom stereocenters. The zero-order valence-electron chi connectivity index (χ0n) is 22.0. The molecule has 1 amide bonds. The number of hydrogen-bond donors (Lipinski definition) is 2. The minimum Gasteiger partial charge on any atom is -0.495 e. The molecule has 0 aromatic heterocycles. The van der Waals surface area contributed by atoms with E-state index >= 15 is 0 Å². The molecule has 1 fully saturated rings. The standard InChI is InChI=1S/C28H32ClN3O6S2/c1-38-26-15-12-23(29)19-27(26)39(34,35)31-25(18-21-8-4-2-5-9-21)28(33)30-20-22-10-13-24(14-11-22)40(36,37)32-16-6-3-7-17-32/h2,4-5,8-15,19,25,31H,3,6-7,16-18,20H2,1H3,(H,30,33)/t25-/m0/s1. The third-order valence-corrected chi connectivity index (χ3v) is 10.3. The summed E-state index contributed by atoms with van der Waals surface area (Å²) in [6, 6.07) is 18.5. The van der Waals surface area contributed by atoms with Crippen LogP contribution in [0.2, 0.25) is 5.02 Å².